The summed E-state index contributed by atoms with van der Waals surface area (Å²) in [5.74, 6) is 1.84. The molecule has 0 aliphatic heterocycles. The molecule has 4 saturated carbocycles. The Morgan fingerprint density at radius 3 is 2.03 bits per heavy atom. The van der Waals surface area contributed by atoms with Crippen molar-refractivity contribution in [3.8, 4) is 0 Å². The maximum Gasteiger partial charge on any atom is 0.0809 e. The highest BCUT2D eigenvalue weighted by atomic mass is 16.3. The lowest BCUT2D eigenvalue weighted by Crippen LogP contribution is -2.79. The van der Waals surface area contributed by atoms with Crippen molar-refractivity contribution < 1.29 is 15.3 Å². The second kappa shape index (κ2) is 6.94. The van der Waals surface area contributed by atoms with Crippen LogP contribution >= 0.6 is 0 Å². The molecule has 3 heteroatoms. The highest BCUT2D eigenvalue weighted by Gasteiger charge is 2.79. The summed E-state index contributed by atoms with van der Waals surface area (Å²) in [6, 6.07) is 0. The van der Waals surface area contributed by atoms with Gasteiger partial charge in [0.2, 0.25) is 0 Å². The standard InChI is InChI=1S/C27H48O3/c1-19(2)9-10-20(3)21-11-14-26(29)22(21,4)15-18-27(30)23(5)12-7-8-13-25(23,28)17-16-24(26,27)6/h19-21,28-30H,7-18H2,1-6H3/t20-,21-,22-,23+,24+,25-,26+,27+/m1/s1. The highest BCUT2D eigenvalue weighted by Crippen LogP contribution is 2.76. The van der Waals surface area contributed by atoms with Crippen molar-refractivity contribution in [2.75, 3.05) is 0 Å². The van der Waals surface area contributed by atoms with E-state index in [0.717, 1.165) is 57.3 Å². The average Bonchev–Trinajstić information content (AvgIpc) is 2.96. The van der Waals surface area contributed by atoms with E-state index in [-0.39, 0.29) is 5.41 Å². The number of rotatable bonds is 4. The summed E-state index contributed by atoms with van der Waals surface area (Å²) in [4.78, 5) is 0. The van der Waals surface area contributed by atoms with Crippen molar-refractivity contribution >= 4 is 0 Å². The van der Waals surface area contributed by atoms with Gasteiger partial charge in [-0.1, -0.05) is 67.2 Å². The smallest absolute Gasteiger partial charge is 0.0809 e. The van der Waals surface area contributed by atoms with Crippen molar-refractivity contribution in [1.29, 1.82) is 0 Å². The van der Waals surface area contributed by atoms with Gasteiger partial charge in [0.15, 0.2) is 0 Å². The molecule has 4 aliphatic rings. The molecule has 174 valence electrons. The summed E-state index contributed by atoms with van der Waals surface area (Å²) in [7, 11) is 0. The van der Waals surface area contributed by atoms with Gasteiger partial charge < -0.3 is 15.3 Å². The van der Waals surface area contributed by atoms with Crippen molar-refractivity contribution in [2.45, 2.75) is 135 Å². The maximum atomic E-state index is 12.5. The zero-order valence-electron chi connectivity index (χ0n) is 20.6. The molecule has 0 amide bonds. The van der Waals surface area contributed by atoms with E-state index in [4.69, 9.17) is 0 Å². The number of fused-ring (bicyclic) bond motifs is 5. The van der Waals surface area contributed by atoms with Crippen LogP contribution in [-0.2, 0) is 0 Å². The monoisotopic (exact) mass is 420 g/mol. The van der Waals surface area contributed by atoms with Gasteiger partial charge in [0.1, 0.15) is 0 Å². The molecule has 0 aromatic carbocycles. The van der Waals surface area contributed by atoms with Crippen molar-refractivity contribution in [3.05, 3.63) is 0 Å². The zero-order chi connectivity index (χ0) is 22.2. The fourth-order valence-electron chi connectivity index (χ4n) is 9.49. The van der Waals surface area contributed by atoms with Gasteiger partial charge in [-0.05, 0) is 69.1 Å². The van der Waals surface area contributed by atoms with E-state index in [1.165, 1.54) is 12.8 Å². The molecule has 4 fully saturated rings. The molecule has 8 atom stereocenters. The molecule has 0 unspecified atom stereocenters. The van der Waals surface area contributed by atoms with Gasteiger partial charge in [-0.25, -0.2) is 0 Å². The molecule has 3 nitrogen and oxygen atoms in total. The summed E-state index contributed by atoms with van der Waals surface area (Å²) in [5, 5.41) is 36.7. The first-order valence-corrected chi connectivity index (χ1v) is 13.0. The van der Waals surface area contributed by atoms with E-state index in [0.29, 0.717) is 24.7 Å². The lowest BCUT2D eigenvalue weighted by molar-refractivity contribution is -0.356. The summed E-state index contributed by atoms with van der Waals surface area (Å²) in [6.45, 7) is 13.7. The fraction of sp³-hybridized carbons (Fsp3) is 1.00. The molecule has 4 rings (SSSR count). The first kappa shape index (κ1) is 23.1. The molecule has 3 N–H and O–H groups in total. The molecule has 0 bridgehead atoms. The van der Waals surface area contributed by atoms with Gasteiger partial charge in [-0.3, -0.25) is 0 Å². The Balaban J connectivity index is 1.72. The SMILES string of the molecule is CC(C)CC[C@@H](C)[C@H]1CC[C@@]2(O)[C@]3(C)CC[C@]4(O)CCCC[C@]4(C)[C@@]3(O)CC[C@]12C. The van der Waals surface area contributed by atoms with Crippen LogP contribution in [0.1, 0.15) is 119 Å². The molecule has 0 radical (unpaired) electrons. The Labute approximate surface area is 185 Å². The Morgan fingerprint density at radius 2 is 1.37 bits per heavy atom. The van der Waals surface area contributed by atoms with Crippen molar-refractivity contribution in [2.24, 2.45) is 34.0 Å². The van der Waals surface area contributed by atoms with Crippen molar-refractivity contribution in [1.82, 2.24) is 0 Å². The van der Waals surface area contributed by atoms with Crippen LogP contribution in [0.4, 0.5) is 0 Å². The van der Waals surface area contributed by atoms with Gasteiger partial charge in [0.05, 0.1) is 16.8 Å². The normalized spacial score (nSPS) is 54.4. The van der Waals surface area contributed by atoms with Crippen LogP contribution < -0.4 is 0 Å². The predicted molar refractivity (Wildman–Crippen MR) is 122 cm³/mol. The largest absolute Gasteiger partial charge is 0.389 e. The summed E-state index contributed by atoms with van der Waals surface area (Å²) in [6.07, 6.45) is 11.2. The van der Waals surface area contributed by atoms with Gasteiger partial charge in [0.25, 0.3) is 0 Å². The van der Waals surface area contributed by atoms with Gasteiger partial charge in [-0.2, -0.15) is 0 Å². The number of hydrogen-bond acceptors (Lipinski definition) is 3. The number of aliphatic hydroxyl groups is 3. The molecule has 0 aromatic heterocycles. The molecule has 30 heavy (non-hydrogen) atoms. The lowest BCUT2D eigenvalue weighted by atomic mass is 9.34. The van der Waals surface area contributed by atoms with E-state index in [9.17, 15) is 15.3 Å². The molecule has 4 aliphatic carbocycles. The third-order valence-corrected chi connectivity index (χ3v) is 11.8. The number of hydrogen-bond donors (Lipinski definition) is 3. The molecular formula is C27H48O3. The van der Waals surface area contributed by atoms with Crippen LogP contribution in [0.3, 0.4) is 0 Å². The minimum Gasteiger partial charge on any atom is -0.389 e. The first-order chi connectivity index (χ1) is 13.8. The summed E-state index contributed by atoms with van der Waals surface area (Å²) >= 11 is 0. The van der Waals surface area contributed by atoms with E-state index < -0.39 is 27.6 Å². The zero-order valence-corrected chi connectivity index (χ0v) is 20.6. The minimum atomic E-state index is -1.00. The van der Waals surface area contributed by atoms with E-state index in [1.807, 2.05) is 0 Å². The Kier molecular flexibility index (Phi) is 5.33. The molecular weight excluding hydrogens is 372 g/mol. The molecule has 0 saturated heterocycles. The van der Waals surface area contributed by atoms with Crippen LogP contribution in [0.2, 0.25) is 0 Å². The Bertz CT molecular complexity index is 677. The van der Waals surface area contributed by atoms with Gasteiger partial charge in [-0.15, -0.1) is 0 Å². The van der Waals surface area contributed by atoms with E-state index in [1.54, 1.807) is 0 Å². The average molecular weight is 421 g/mol. The van der Waals surface area contributed by atoms with E-state index in [2.05, 4.69) is 41.5 Å². The van der Waals surface area contributed by atoms with Gasteiger partial charge >= 0.3 is 0 Å². The van der Waals surface area contributed by atoms with E-state index >= 15 is 0 Å². The van der Waals surface area contributed by atoms with Crippen LogP contribution in [0.5, 0.6) is 0 Å². The molecule has 0 spiro atoms. The summed E-state index contributed by atoms with van der Waals surface area (Å²) < 4.78 is 0. The highest BCUT2D eigenvalue weighted by molar-refractivity contribution is 5.29. The topological polar surface area (TPSA) is 60.7 Å². The van der Waals surface area contributed by atoms with Crippen molar-refractivity contribution in [3.63, 3.8) is 0 Å². The van der Waals surface area contributed by atoms with Crippen LogP contribution in [0.15, 0.2) is 0 Å². The quantitative estimate of drug-likeness (QED) is 0.535. The summed E-state index contributed by atoms with van der Waals surface area (Å²) in [5.41, 5.74) is -3.87. The lowest BCUT2D eigenvalue weighted by Gasteiger charge is -2.74. The minimum absolute atomic E-state index is 0.148. The maximum absolute atomic E-state index is 12.5. The Hall–Kier alpha value is -0.120. The molecule has 0 aromatic rings. The third kappa shape index (κ3) is 2.55. The van der Waals surface area contributed by atoms with Crippen LogP contribution in [0.25, 0.3) is 0 Å². The molecule has 0 heterocycles. The third-order valence-electron chi connectivity index (χ3n) is 11.8. The second-order valence-corrected chi connectivity index (χ2v) is 13.1. The Morgan fingerprint density at radius 1 is 0.700 bits per heavy atom. The van der Waals surface area contributed by atoms with Crippen LogP contribution in [0, 0.1) is 34.0 Å². The fourth-order valence-corrected chi connectivity index (χ4v) is 9.49. The van der Waals surface area contributed by atoms with Crippen LogP contribution in [-0.4, -0.2) is 32.1 Å². The second-order valence-electron chi connectivity index (χ2n) is 13.1. The first-order valence-electron chi connectivity index (χ1n) is 13.0. The predicted octanol–water partition coefficient (Wildman–Crippen LogP) is 5.84. The van der Waals surface area contributed by atoms with Gasteiger partial charge in [0, 0.05) is 16.2 Å².